The van der Waals surface area contributed by atoms with Crippen molar-refractivity contribution >= 4 is 17.4 Å². The first kappa shape index (κ1) is 15.1. The van der Waals surface area contributed by atoms with Crippen LogP contribution >= 0.6 is 0 Å². The second-order valence-electron chi connectivity index (χ2n) is 8.60. The normalized spacial score (nSPS) is 47.7. The number of carbonyl (C=O) groups excluding carboxylic acids is 1. The van der Waals surface area contributed by atoms with E-state index in [4.69, 9.17) is 9.73 Å². The van der Waals surface area contributed by atoms with Crippen molar-refractivity contribution in [1.29, 1.82) is 0 Å². The molecule has 0 N–H and O–H groups in total. The van der Waals surface area contributed by atoms with Crippen molar-refractivity contribution < 1.29 is 14.2 Å². The van der Waals surface area contributed by atoms with Gasteiger partial charge in [-0.05, 0) is 24.1 Å². The Morgan fingerprint density at radius 1 is 1.42 bits per heavy atom. The van der Waals surface area contributed by atoms with Gasteiger partial charge in [0.2, 0.25) is 0 Å². The molecule has 1 spiro atoms. The standard InChI is InChI=1S/C21H22N2O3/c1-3-12-10-23(25)16-8-13(12)18-17(23)9-21(20(18)26-11(2)24)14-6-4-5-7-15(14)22-19(16)21/h3-7,13,16-18,20H,8-10H2,1-2H3/b12-3-/t13?,16-,17?,18?,20?,21+,23?/m0/s1. The van der Waals surface area contributed by atoms with E-state index in [1.807, 2.05) is 25.1 Å². The molecular weight excluding hydrogens is 328 g/mol. The molecule has 5 fully saturated rings. The van der Waals surface area contributed by atoms with Gasteiger partial charge in [-0.25, -0.2) is 0 Å². The van der Waals surface area contributed by atoms with E-state index in [2.05, 4.69) is 12.1 Å². The topological polar surface area (TPSA) is 61.7 Å². The van der Waals surface area contributed by atoms with E-state index in [-0.39, 0.29) is 40.1 Å². The quantitative estimate of drug-likeness (QED) is 0.338. The number of hydrogen-bond donors (Lipinski definition) is 0. The van der Waals surface area contributed by atoms with Crippen molar-refractivity contribution in [2.75, 3.05) is 6.54 Å². The highest BCUT2D eigenvalue weighted by Crippen LogP contribution is 2.68. The molecule has 7 atom stereocenters. The molecule has 1 saturated carbocycles. The lowest BCUT2D eigenvalue weighted by Crippen LogP contribution is -2.73. The number of hydrogen-bond acceptors (Lipinski definition) is 4. The molecule has 134 valence electrons. The second-order valence-corrected chi connectivity index (χ2v) is 8.60. The molecule has 5 unspecified atom stereocenters. The Morgan fingerprint density at radius 2 is 2.23 bits per heavy atom. The van der Waals surface area contributed by atoms with E-state index in [1.165, 1.54) is 12.5 Å². The van der Waals surface area contributed by atoms with Gasteiger partial charge >= 0.3 is 5.97 Å². The number of esters is 1. The summed E-state index contributed by atoms with van der Waals surface area (Å²) in [5, 5.41) is 14.1. The van der Waals surface area contributed by atoms with Gasteiger partial charge in [0.25, 0.3) is 0 Å². The number of hydroxylamine groups is 3. The molecule has 5 nitrogen and oxygen atoms in total. The van der Waals surface area contributed by atoms with Gasteiger partial charge in [-0.1, -0.05) is 24.3 Å². The first-order valence-electron chi connectivity index (χ1n) is 9.60. The number of rotatable bonds is 1. The van der Waals surface area contributed by atoms with Gasteiger partial charge in [-0.3, -0.25) is 9.79 Å². The summed E-state index contributed by atoms with van der Waals surface area (Å²) in [6.45, 7) is 4.09. The largest absolute Gasteiger partial charge is 0.632 e. The van der Waals surface area contributed by atoms with Crippen molar-refractivity contribution in [1.82, 2.24) is 0 Å². The average Bonchev–Trinajstić information content (AvgIpc) is 3.08. The number of para-hydroxylation sites is 1. The highest BCUT2D eigenvalue weighted by molar-refractivity contribution is 6.07. The zero-order chi connectivity index (χ0) is 17.8. The fraction of sp³-hybridized carbons (Fsp3) is 0.524. The number of benzene rings is 1. The highest BCUT2D eigenvalue weighted by atomic mass is 16.6. The van der Waals surface area contributed by atoms with Crippen LogP contribution in [0, 0.1) is 17.0 Å². The SMILES string of the molecule is C/C=C1/C[N+]2([O-])C3C[C@]45C(=Nc6ccccc64)[C@@H]2CC1C3C5OC(C)=O. The monoisotopic (exact) mass is 350 g/mol. The summed E-state index contributed by atoms with van der Waals surface area (Å²) in [6, 6.07) is 8.10. The number of piperidine rings is 4. The molecule has 4 saturated heterocycles. The van der Waals surface area contributed by atoms with Gasteiger partial charge in [0.05, 0.1) is 28.8 Å². The van der Waals surface area contributed by atoms with Crippen LogP contribution in [0.25, 0.3) is 0 Å². The first-order chi connectivity index (χ1) is 12.5. The number of aliphatic imine (C=N–C) groups is 1. The van der Waals surface area contributed by atoms with E-state index in [0.717, 1.165) is 29.8 Å². The van der Waals surface area contributed by atoms with Crippen LogP contribution in [-0.2, 0) is 14.9 Å². The second kappa shape index (κ2) is 4.46. The molecule has 5 bridgehead atoms. The molecule has 1 aromatic carbocycles. The fourth-order valence-electron chi connectivity index (χ4n) is 7.06. The van der Waals surface area contributed by atoms with E-state index in [9.17, 15) is 10.0 Å². The van der Waals surface area contributed by atoms with Gasteiger partial charge in [0.1, 0.15) is 18.7 Å². The zero-order valence-electron chi connectivity index (χ0n) is 15.0. The van der Waals surface area contributed by atoms with Crippen LogP contribution in [0.2, 0.25) is 0 Å². The fourth-order valence-corrected chi connectivity index (χ4v) is 7.06. The van der Waals surface area contributed by atoms with E-state index < -0.39 is 0 Å². The number of nitrogens with zero attached hydrogens (tertiary/aromatic N) is 2. The molecule has 0 radical (unpaired) electrons. The molecule has 6 aliphatic rings. The van der Waals surface area contributed by atoms with Crippen molar-refractivity contribution in [3.05, 3.63) is 46.7 Å². The van der Waals surface area contributed by atoms with Crippen LogP contribution in [0.4, 0.5) is 5.69 Å². The average molecular weight is 350 g/mol. The van der Waals surface area contributed by atoms with Gasteiger partial charge in [0.15, 0.2) is 0 Å². The summed E-state index contributed by atoms with van der Waals surface area (Å²) in [7, 11) is 0. The van der Waals surface area contributed by atoms with Crippen molar-refractivity contribution in [2.45, 2.75) is 50.3 Å². The molecular formula is C21H22N2O3. The van der Waals surface area contributed by atoms with Crippen LogP contribution < -0.4 is 0 Å². The third kappa shape index (κ3) is 1.41. The van der Waals surface area contributed by atoms with Crippen molar-refractivity contribution in [2.24, 2.45) is 16.8 Å². The Bertz CT molecular complexity index is 922. The lowest BCUT2D eigenvalue weighted by atomic mass is 9.66. The number of allylic oxidation sites excluding steroid dienone is 1. The summed E-state index contributed by atoms with van der Waals surface area (Å²) in [6.07, 6.45) is 3.45. The summed E-state index contributed by atoms with van der Waals surface area (Å²) in [5.41, 5.74) is 3.99. The van der Waals surface area contributed by atoms with Gasteiger partial charge < -0.3 is 14.6 Å². The van der Waals surface area contributed by atoms with Crippen LogP contribution in [0.1, 0.15) is 32.3 Å². The number of fused-ring (bicyclic) bond motifs is 2. The van der Waals surface area contributed by atoms with E-state index in [0.29, 0.717) is 12.5 Å². The predicted molar refractivity (Wildman–Crippen MR) is 96.8 cm³/mol. The summed E-state index contributed by atoms with van der Waals surface area (Å²) in [5.74, 6) is 0.189. The summed E-state index contributed by atoms with van der Waals surface area (Å²) >= 11 is 0. The van der Waals surface area contributed by atoms with Crippen LogP contribution in [0.3, 0.4) is 0 Å². The van der Waals surface area contributed by atoms with Gasteiger partial charge in [-0.2, -0.15) is 0 Å². The maximum absolute atomic E-state index is 14.1. The minimum Gasteiger partial charge on any atom is -0.632 e. The molecule has 5 heterocycles. The molecule has 26 heavy (non-hydrogen) atoms. The van der Waals surface area contributed by atoms with Gasteiger partial charge in [-0.15, -0.1) is 0 Å². The molecule has 5 heteroatoms. The lowest BCUT2D eigenvalue weighted by Gasteiger charge is -2.65. The Balaban J connectivity index is 1.64. The maximum atomic E-state index is 14.1. The predicted octanol–water partition coefficient (Wildman–Crippen LogP) is 3.01. The smallest absolute Gasteiger partial charge is 0.302 e. The minimum atomic E-state index is -0.383. The Labute approximate surface area is 152 Å². The lowest BCUT2D eigenvalue weighted by molar-refractivity contribution is -0.934. The Morgan fingerprint density at radius 3 is 3.00 bits per heavy atom. The Kier molecular flexibility index (Phi) is 2.59. The molecule has 5 aliphatic heterocycles. The van der Waals surface area contributed by atoms with Crippen LogP contribution in [0.5, 0.6) is 0 Å². The third-order valence-corrected chi connectivity index (χ3v) is 7.81. The Hall–Kier alpha value is -1.98. The molecule has 0 aromatic heterocycles. The van der Waals surface area contributed by atoms with E-state index >= 15 is 0 Å². The highest BCUT2D eigenvalue weighted by Gasteiger charge is 2.78. The number of quaternary nitrogens is 1. The van der Waals surface area contributed by atoms with Crippen molar-refractivity contribution in [3.8, 4) is 0 Å². The first-order valence-corrected chi connectivity index (χ1v) is 9.60. The van der Waals surface area contributed by atoms with Crippen LogP contribution in [-0.4, -0.2) is 41.1 Å². The molecule has 1 aliphatic carbocycles. The molecule has 0 amide bonds. The van der Waals surface area contributed by atoms with Crippen LogP contribution in [0.15, 0.2) is 40.9 Å². The number of carbonyl (C=O) groups is 1. The zero-order valence-corrected chi connectivity index (χ0v) is 15.0. The van der Waals surface area contributed by atoms with E-state index in [1.54, 1.807) is 0 Å². The number of ether oxygens (including phenoxy) is 1. The van der Waals surface area contributed by atoms with Crippen molar-refractivity contribution in [3.63, 3.8) is 0 Å². The minimum absolute atomic E-state index is 0.0110. The molecule has 1 aromatic rings. The summed E-state index contributed by atoms with van der Waals surface area (Å²) in [4.78, 5) is 17.0. The van der Waals surface area contributed by atoms with Gasteiger partial charge in [0, 0.05) is 25.7 Å². The third-order valence-electron chi connectivity index (χ3n) is 7.81. The maximum Gasteiger partial charge on any atom is 0.302 e. The molecule has 7 rings (SSSR count). The summed E-state index contributed by atoms with van der Waals surface area (Å²) < 4.78 is 5.82.